The number of aliphatic hydroxyl groups excluding tert-OH is 1. The maximum Gasteiger partial charge on any atom is 0.308 e. The van der Waals surface area contributed by atoms with Crippen molar-refractivity contribution in [1.29, 1.82) is 0 Å². The summed E-state index contributed by atoms with van der Waals surface area (Å²) in [6, 6.07) is 5.56. The van der Waals surface area contributed by atoms with Gasteiger partial charge in [-0.25, -0.2) is 0 Å². The summed E-state index contributed by atoms with van der Waals surface area (Å²) in [6.45, 7) is 3.25. The van der Waals surface area contributed by atoms with Crippen molar-refractivity contribution in [1.82, 2.24) is 0 Å². The molecule has 0 aromatic heterocycles. The number of aliphatic hydroxyl groups is 1. The van der Waals surface area contributed by atoms with E-state index in [1.165, 1.54) is 6.92 Å². The van der Waals surface area contributed by atoms with E-state index in [1.807, 2.05) is 19.1 Å². The maximum absolute atomic E-state index is 10.9. The predicted octanol–water partition coefficient (Wildman–Crippen LogP) is 1.93. The van der Waals surface area contributed by atoms with E-state index in [0.29, 0.717) is 5.75 Å². The Bertz CT molecular complexity index is 380. The fourth-order valence-corrected chi connectivity index (χ4v) is 1.20. The summed E-state index contributed by atoms with van der Waals surface area (Å²) in [7, 11) is 0. The molecule has 0 aliphatic rings. The molecule has 0 radical (unpaired) electrons. The number of ether oxygens (including phenoxy) is 1. The van der Waals surface area contributed by atoms with Crippen molar-refractivity contribution in [2.45, 2.75) is 13.8 Å². The molecule has 3 heteroatoms. The smallest absolute Gasteiger partial charge is 0.308 e. The van der Waals surface area contributed by atoms with Crippen LogP contribution in [0.25, 0.3) is 6.08 Å². The van der Waals surface area contributed by atoms with Gasteiger partial charge in [0.25, 0.3) is 0 Å². The Hall–Kier alpha value is -1.61. The van der Waals surface area contributed by atoms with Crippen molar-refractivity contribution in [2.24, 2.45) is 0 Å². The third-order valence-corrected chi connectivity index (χ3v) is 1.83. The normalized spacial score (nSPS) is 10.6. The molecule has 0 atom stereocenters. The number of carbonyl (C=O) groups excluding carboxylic acids is 1. The van der Waals surface area contributed by atoms with Gasteiger partial charge in [0.2, 0.25) is 0 Å². The summed E-state index contributed by atoms with van der Waals surface area (Å²) in [5.74, 6) is 0.173. The van der Waals surface area contributed by atoms with E-state index in [0.717, 1.165) is 11.1 Å². The quantitative estimate of drug-likeness (QED) is 0.607. The van der Waals surface area contributed by atoms with Crippen LogP contribution in [-0.2, 0) is 4.79 Å². The number of hydrogen-bond donors (Lipinski definition) is 1. The number of rotatable bonds is 3. The molecular weight excluding hydrogens is 192 g/mol. The largest absolute Gasteiger partial charge is 0.426 e. The van der Waals surface area contributed by atoms with E-state index in [1.54, 1.807) is 18.2 Å². The summed E-state index contributed by atoms with van der Waals surface area (Å²) in [6.07, 6.45) is 3.31. The molecule has 0 amide bonds. The topological polar surface area (TPSA) is 46.5 Å². The van der Waals surface area contributed by atoms with Gasteiger partial charge in [-0.3, -0.25) is 4.79 Å². The molecule has 0 heterocycles. The zero-order valence-corrected chi connectivity index (χ0v) is 8.86. The Balaban J connectivity index is 3.02. The molecule has 0 bridgehead atoms. The van der Waals surface area contributed by atoms with Crippen molar-refractivity contribution in [2.75, 3.05) is 6.61 Å². The number of aryl methyl sites for hydroxylation is 1. The lowest BCUT2D eigenvalue weighted by molar-refractivity contribution is -0.131. The molecule has 0 spiro atoms. The summed E-state index contributed by atoms with van der Waals surface area (Å²) >= 11 is 0. The first-order valence-electron chi connectivity index (χ1n) is 4.70. The summed E-state index contributed by atoms with van der Waals surface area (Å²) < 4.78 is 5.05. The molecule has 3 nitrogen and oxygen atoms in total. The molecule has 1 aromatic carbocycles. The van der Waals surface area contributed by atoms with Gasteiger partial charge < -0.3 is 9.84 Å². The minimum atomic E-state index is -0.348. The van der Waals surface area contributed by atoms with Gasteiger partial charge in [-0.2, -0.15) is 0 Å². The Kier molecular flexibility index (Phi) is 4.06. The first-order valence-corrected chi connectivity index (χ1v) is 4.70. The number of benzene rings is 1. The zero-order chi connectivity index (χ0) is 11.3. The molecule has 15 heavy (non-hydrogen) atoms. The molecular formula is C12H14O3. The first kappa shape index (κ1) is 11.5. The average Bonchev–Trinajstić information content (AvgIpc) is 2.16. The van der Waals surface area contributed by atoms with Crippen LogP contribution >= 0.6 is 0 Å². The van der Waals surface area contributed by atoms with Crippen LogP contribution < -0.4 is 4.74 Å². The third-order valence-electron chi connectivity index (χ3n) is 1.83. The second-order valence-electron chi connectivity index (χ2n) is 3.22. The Morgan fingerprint density at radius 3 is 2.87 bits per heavy atom. The lowest BCUT2D eigenvalue weighted by Gasteiger charge is -2.06. The zero-order valence-electron chi connectivity index (χ0n) is 8.86. The number of esters is 1. The lowest BCUT2D eigenvalue weighted by atomic mass is 10.1. The molecule has 80 valence electrons. The average molecular weight is 206 g/mol. The summed E-state index contributed by atoms with van der Waals surface area (Å²) in [4.78, 5) is 10.9. The second kappa shape index (κ2) is 5.32. The van der Waals surface area contributed by atoms with Crippen molar-refractivity contribution in [3.8, 4) is 5.75 Å². The van der Waals surface area contributed by atoms with Gasteiger partial charge in [0.05, 0.1) is 6.61 Å². The monoisotopic (exact) mass is 206 g/mol. The molecule has 1 N–H and O–H groups in total. The molecule has 0 saturated heterocycles. The van der Waals surface area contributed by atoms with Crippen LogP contribution in [0.4, 0.5) is 0 Å². The van der Waals surface area contributed by atoms with E-state index >= 15 is 0 Å². The van der Waals surface area contributed by atoms with Crippen LogP contribution in [-0.4, -0.2) is 17.7 Å². The summed E-state index contributed by atoms with van der Waals surface area (Å²) in [5, 5.41) is 8.66. The summed E-state index contributed by atoms with van der Waals surface area (Å²) in [5.41, 5.74) is 1.80. The van der Waals surface area contributed by atoms with Crippen LogP contribution in [0.1, 0.15) is 18.1 Å². The van der Waals surface area contributed by atoms with Crippen molar-refractivity contribution < 1.29 is 14.6 Å². The molecule has 0 fully saturated rings. The molecule has 1 rings (SSSR count). The van der Waals surface area contributed by atoms with Gasteiger partial charge in [0.15, 0.2) is 0 Å². The molecule has 0 aliphatic carbocycles. The van der Waals surface area contributed by atoms with Gasteiger partial charge in [0, 0.05) is 12.5 Å². The molecule has 0 aliphatic heterocycles. The standard InChI is InChI=1S/C12H14O3/c1-9-5-6-11(4-3-7-13)12(8-9)15-10(2)14/h3-6,8,13H,7H2,1-2H3/b4-3-. The SMILES string of the molecule is CC(=O)Oc1cc(C)ccc1/C=C\CO. The van der Waals surface area contributed by atoms with Gasteiger partial charge in [0.1, 0.15) is 5.75 Å². The Morgan fingerprint density at radius 1 is 1.53 bits per heavy atom. The van der Waals surface area contributed by atoms with Gasteiger partial charge in [-0.15, -0.1) is 0 Å². The highest BCUT2D eigenvalue weighted by Crippen LogP contribution is 2.21. The van der Waals surface area contributed by atoms with Crippen molar-refractivity contribution in [3.05, 3.63) is 35.4 Å². The van der Waals surface area contributed by atoms with E-state index in [4.69, 9.17) is 9.84 Å². The van der Waals surface area contributed by atoms with E-state index in [2.05, 4.69) is 0 Å². The highest BCUT2D eigenvalue weighted by atomic mass is 16.5. The Morgan fingerprint density at radius 2 is 2.27 bits per heavy atom. The lowest BCUT2D eigenvalue weighted by Crippen LogP contribution is -2.02. The number of carbonyl (C=O) groups is 1. The van der Waals surface area contributed by atoms with Crippen molar-refractivity contribution in [3.63, 3.8) is 0 Å². The van der Waals surface area contributed by atoms with E-state index in [9.17, 15) is 4.79 Å². The van der Waals surface area contributed by atoms with Gasteiger partial charge in [-0.1, -0.05) is 24.3 Å². The number of hydrogen-bond acceptors (Lipinski definition) is 3. The van der Waals surface area contributed by atoms with Gasteiger partial charge >= 0.3 is 5.97 Å². The fraction of sp³-hybridized carbons (Fsp3) is 0.250. The second-order valence-corrected chi connectivity index (χ2v) is 3.22. The highest BCUT2D eigenvalue weighted by molar-refractivity contribution is 5.72. The van der Waals surface area contributed by atoms with Crippen LogP contribution in [0.15, 0.2) is 24.3 Å². The van der Waals surface area contributed by atoms with Crippen LogP contribution in [0.5, 0.6) is 5.75 Å². The predicted molar refractivity (Wildman–Crippen MR) is 58.6 cm³/mol. The van der Waals surface area contributed by atoms with Gasteiger partial charge in [-0.05, 0) is 18.6 Å². The maximum atomic E-state index is 10.9. The highest BCUT2D eigenvalue weighted by Gasteiger charge is 2.03. The molecule has 0 saturated carbocycles. The molecule has 0 unspecified atom stereocenters. The van der Waals surface area contributed by atoms with Crippen LogP contribution in [0.3, 0.4) is 0 Å². The minimum Gasteiger partial charge on any atom is -0.426 e. The molecule has 1 aromatic rings. The first-order chi connectivity index (χ1) is 7.13. The van der Waals surface area contributed by atoms with Crippen LogP contribution in [0.2, 0.25) is 0 Å². The van der Waals surface area contributed by atoms with Crippen LogP contribution in [0, 0.1) is 6.92 Å². The fourth-order valence-electron chi connectivity index (χ4n) is 1.20. The minimum absolute atomic E-state index is 0.0343. The van der Waals surface area contributed by atoms with E-state index < -0.39 is 0 Å². The third kappa shape index (κ3) is 3.56. The van der Waals surface area contributed by atoms with E-state index in [-0.39, 0.29) is 12.6 Å². The Labute approximate surface area is 89.0 Å². The van der Waals surface area contributed by atoms with Crippen molar-refractivity contribution >= 4 is 12.0 Å².